The van der Waals surface area contributed by atoms with Crippen molar-refractivity contribution in [2.24, 2.45) is 5.73 Å². The van der Waals surface area contributed by atoms with E-state index in [9.17, 15) is 4.39 Å². The van der Waals surface area contributed by atoms with E-state index < -0.39 is 0 Å². The molecule has 2 N–H and O–H groups in total. The first-order valence-electron chi connectivity index (χ1n) is 5.90. The number of benzene rings is 1. The Hall–Kier alpha value is -1.13. The molecule has 17 heavy (non-hydrogen) atoms. The maximum absolute atomic E-state index is 13.1. The van der Waals surface area contributed by atoms with Crippen LogP contribution >= 0.6 is 0 Å². The highest BCUT2D eigenvalue weighted by molar-refractivity contribution is 5.36. The lowest BCUT2D eigenvalue weighted by atomic mass is 10.1. The molecule has 0 aliphatic rings. The van der Waals surface area contributed by atoms with E-state index in [1.54, 1.807) is 6.07 Å². The molecule has 0 bridgehead atoms. The second-order valence-electron chi connectivity index (χ2n) is 3.87. The number of halogens is 1. The standard InChI is InChI=1S/C13H20FNO2/c1-3-16-7-4-8-17-13-9-11(14)5-6-12(13)10(2)15/h5-6,9-10H,3-4,7-8,15H2,1-2H3/t10-/m0/s1. The van der Waals surface area contributed by atoms with Crippen molar-refractivity contribution in [2.45, 2.75) is 26.3 Å². The van der Waals surface area contributed by atoms with E-state index in [4.69, 9.17) is 15.2 Å². The number of rotatable bonds is 7. The van der Waals surface area contributed by atoms with Crippen LogP contribution in [0.1, 0.15) is 31.9 Å². The van der Waals surface area contributed by atoms with Gasteiger partial charge in [-0.3, -0.25) is 0 Å². The third-order valence-electron chi connectivity index (χ3n) is 2.36. The topological polar surface area (TPSA) is 44.5 Å². The van der Waals surface area contributed by atoms with Crippen LogP contribution in [0.4, 0.5) is 4.39 Å². The zero-order chi connectivity index (χ0) is 12.7. The van der Waals surface area contributed by atoms with Gasteiger partial charge in [0.25, 0.3) is 0 Å². The Morgan fingerprint density at radius 3 is 2.76 bits per heavy atom. The molecular formula is C13H20FNO2. The lowest BCUT2D eigenvalue weighted by Gasteiger charge is -2.14. The lowest BCUT2D eigenvalue weighted by molar-refractivity contribution is 0.130. The zero-order valence-electron chi connectivity index (χ0n) is 10.4. The van der Waals surface area contributed by atoms with Crippen molar-refractivity contribution >= 4 is 0 Å². The fourth-order valence-corrected chi connectivity index (χ4v) is 1.50. The second-order valence-corrected chi connectivity index (χ2v) is 3.87. The molecule has 0 aliphatic heterocycles. The van der Waals surface area contributed by atoms with Gasteiger partial charge >= 0.3 is 0 Å². The van der Waals surface area contributed by atoms with E-state index in [0.29, 0.717) is 25.6 Å². The third kappa shape index (κ3) is 4.71. The van der Waals surface area contributed by atoms with Gasteiger partial charge < -0.3 is 15.2 Å². The second kappa shape index (κ2) is 7.25. The highest BCUT2D eigenvalue weighted by atomic mass is 19.1. The molecular weight excluding hydrogens is 221 g/mol. The van der Waals surface area contributed by atoms with Crippen LogP contribution in [0.3, 0.4) is 0 Å². The summed E-state index contributed by atoms with van der Waals surface area (Å²) in [5, 5.41) is 0. The molecule has 0 radical (unpaired) electrons. The average Bonchev–Trinajstić information content (AvgIpc) is 2.28. The molecule has 4 heteroatoms. The van der Waals surface area contributed by atoms with E-state index in [1.165, 1.54) is 12.1 Å². The molecule has 0 spiro atoms. The van der Waals surface area contributed by atoms with Gasteiger partial charge in [0.15, 0.2) is 0 Å². The highest BCUT2D eigenvalue weighted by Gasteiger charge is 2.09. The molecule has 0 unspecified atom stereocenters. The fraction of sp³-hybridized carbons (Fsp3) is 0.538. The Morgan fingerprint density at radius 2 is 2.12 bits per heavy atom. The summed E-state index contributed by atoms with van der Waals surface area (Å²) >= 11 is 0. The van der Waals surface area contributed by atoms with Crippen LogP contribution < -0.4 is 10.5 Å². The van der Waals surface area contributed by atoms with E-state index in [2.05, 4.69) is 0 Å². The number of hydrogen-bond donors (Lipinski definition) is 1. The highest BCUT2D eigenvalue weighted by Crippen LogP contribution is 2.24. The minimum absolute atomic E-state index is 0.169. The Bertz CT molecular complexity index is 342. The summed E-state index contributed by atoms with van der Waals surface area (Å²) < 4.78 is 23.8. The van der Waals surface area contributed by atoms with Gasteiger partial charge in [-0.05, 0) is 19.9 Å². The molecule has 0 aromatic heterocycles. The van der Waals surface area contributed by atoms with Gasteiger partial charge in [0, 0.05) is 37.3 Å². The Balaban J connectivity index is 2.53. The van der Waals surface area contributed by atoms with Gasteiger partial charge in [-0.2, -0.15) is 0 Å². The molecule has 0 saturated heterocycles. The van der Waals surface area contributed by atoms with Gasteiger partial charge in [0.2, 0.25) is 0 Å². The van der Waals surface area contributed by atoms with Crippen LogP contribution in [-0.4, -0.2) is 19.8 Å². The number of nitrogens with two attached hydrogens (primary N) is 1. The lowest BCUT2D eigenvalue weighted by Crippen LogP contribution is -2.10. The molecule has 1 atom stereocenters. The minimum atomic E-state index is -0.311. The molecule has 96 valence electrons. The maximum Gasteiger partial charge on any atom is 0.126 e. The molecule has 1 aromatic carbocycles. The predicted molar refractivity (Wildman–Crippen MR) is 65.6 cm³/mol. The van der Waals surface area contributed by atoms with Crippen LogP contribution in [0.25, 0.3) is 0 Å². The largest absolute Gasteiger partial charge is 0.493 e. The number of hydrogen-bond acceptors (Lipinski definition) is 3. The minimum Gasteiger partial charge on any atom is -0.493 e. The summed E-state index contributed by atoms with van der Waals surface area (Å²) in [6.07, 6.45) is 0.781. The van der Waals surface area contributed by atoms with E-state index >= 15 is 0 Å². The zero-order valence-corrected chi connectivity index (χ0v) is 10.4. The number of ether oxygens (including phenoxy) is 2. The average molecular weight is 241 g/mol. The van der Waals surface area contributed by atoms with Gasteiger partial charge in [-0.25, -0.2) is 4.39 Å². The Labute approximate surface area is 102 Å². The summed E-state index contributed by atoms with van der Waals surface area (Å²) in [5.74, 6) is 0.214. The quantitative estimate of drug-likeness (QED) is 0.746. The van der Waals surface area contributed by atoms with Crippen LogP contribution in [0, 0.1) is 5.82 Å². The molecule has 0 aliphatic carbocycles. The molecule has 0 amide bonds. The van der Waals surface area contributed by atoms with Crippen molar-refractivity contribution in [3.63, 3.8) is 0 Å². The predicted octanol–water partition coefficient (Wildman–Crippen LogP) is 2.65. The molecule has 1 aromatic rings. The summed E-state index contributed by atoms with van der Waals surface area (Å²) in [4.78, 5) is 0. The molecule has 0 heterocycles. The normalized spacial score (nSPS) is 12.5. The molecule has 0 fully saturated rings. The van der Waals surface area contributed by atoms with E-state index in [1.807, 2.05) is 13.8 Å². The third-order valence-corrected chi connectivity index (χ3v) is 2.36. The first-order chi connectivity index (χ1) is 8.15. The van der Waals surface area contributed by atoms with Crippen molar-refractivity contribution in [1.82, 2.24) is 0 Å². The molecule has 3 nitrogen and oxygen atoms in total. The SMILES string of the molecule is CCOCCCOc1cc(F)ccc1[C@H](C)N. The van der Waals surface area contributed by atoms with E-state index in [0.717, 1.165) is 12.0 Å². The smallest absolute Gasteiger partial charge is 0.126 e. The molecule has 1 rings (SSSR count). The van der Waals surface area contributed by atoms with Crippen molar-refractivity contribution in [3.05, 3.63) is 29.6 Å². The maximum atomic E-state index is 13.1. The van der Waals surface area contributed by atoms with E-state index in [-0.39, 0.29) is 11.9 Å². The Morgan fingerprint density at radius 1 is 1.35 bits per heavy atom. The fourth-order valence-electron chi connectivity index (χ4n) is 1.50. The van der Waals surface area contributed by atoms with Gasteiger partial charge in [-0.15, -0.1) is 0 Å². The summed E-state index contributed by atoms with van der Waals surface area (Å²) in [6.45, 7) is 5.65. The van der Waals surface area contributed by atoms with Crippen LogP contribution in [-0.2, 0) is 4.74 Å². The van der Waals surface area contributed by atoms with Crippen molar-refractivity contribution in [3.8, 4) is 5.75 Å². The van der Waals surface area contributed by atoms with Gasteiger partial charge in [-0.1, -0.05) is 6.07 Å². The molecule has 0 saturated carbocycles. The summed E-state index contributed by atoms with van der Waals surface area (Å²) in [5.41, 5.74) is 6.61. The van der Waals surface area contributed by atoms with Crippen molar-refractivity contribution in [1.29, 1.82) is 0 Å². The van der Waals surface area contributed by atoms with Crippen LogP contribution in [0.15, 0.2) is 18.2 Å². The van der Waals surface area contributed by atoms with Gasteiger partial charge in [0.1, 0.15) is 11.6 Å². The first-order valence-corrected chi connectivity index (χ1v) is 5.90. The van der Waals surface area contributed by atoms with Crippen molar-refractivity contribution in [2.75, 3.05) is 19.8 Å². The van der Waals surface area contributed by atoms with Gasteiger partial charge in [0.05, 0.1) is 6.61 Å². The summed E-state index contributed by atoms with van der Waals surface area (Å²) in [6, 6.07) is 4.26. The summed E-state index contributed by atoms with van der Waals surface area (Å²) in [7, 11) is 0. The monoisotopic (exact) mass is 241 g/mol. The Kier molecular flexibility index (Phi) is 5.94. The van der Waals surface area contributed by atoms with Crippen LogP contribution in [0.5, 0.6) is 5.75 Å². The van der Waals surface area contributed by atoms with Crippen molar-refractivity contribution < 1.29 is 13.9 Å². The first kappa shape index (κ1) is 13.9. The van der Waals surface area contributed by atoms with Crippen LogP contribution in [0.2, 0.25) is 0 Å².